The van der Waals surface area contributed by atoms with Gasteiger partial charge in [0, 0.05) is 20.1 Å². The summed E-state index contributed by atoms with van der Waals surface area (Å²) >= 11 is 0. The van der Waals surface area contributed by atoms with E-state index in [-0.39, 0.29) is 12.5 Å². The first-order valence-electron chi connectivity index (χ1n) is 5.57. The molecule has 0 saturated carbocycles. The van der Waals surface area contributed by atoms with Crippen LogP contribution < -0.4 is 0 Å². The number of amides is 1. The van der Waals surface area contributed by atoms with Crippen LogP contribution in [0, 0.1) is 0 Å². The third-order valence-electron chi connectivity index (χ3n) is 2.55. The lowest BCUT2D eigenvalue weighted by Crippen LogP contribution is -2.34. The molecule has 0 atom stereocenters. The predicted octanol–water partition coefficient (Wildman–Crippen LogP) is 0.437. The fourth-order valence-corrected chi connectivity index (χ4v) is 1.59. The van der Waals surface area contributed by atoms with E-state index in [0.29, 0.717) is 18.8 Å². The number of likely N-dealkylation sites (N-methyl/N-ethyl adjacent to an activating group) is 1. The Labute approximate surface area is 95.7 Å². The zero-order valence-corrected chi connectivity index (χ0v) is 10.1. The van der Waals surface area contributed by atoms with E-state index in [0.717, 1.165) is 12.1 Å². The number of hydrogen-bond donors (Lipinski definition) is 1. The Hall–Kier alpha value is -1.36. The molecule has 0 spiro atoms. The number of aliphatic hydroxyl groups is 1. The van der Waals surface area contributed by atoms with Crippen molar-refractivity contribution in [2.75, 3.05) is 19.7 Å². The van der Waals surface area contributed by atoms with Gasteiger partial charge in [-0.25, -0.2) is 0 Å². The highest BCUT2D eigenvalue weighted by Gasteiger charge is 2.18. The van der Waals surface area contributed by atoms with Crippen LogP contribution in [0.25, 0.3) is 0 Å². The molecule has 16 heavy (non-hydrogen) atoms. The summed E-state index contributed by atoms with van der Waals surface area (Å²) in [7, 11) is 1.76. The molecule has 1 amide bonds. The van der Waals surface area contributed by atoms with E-state index < -0.39 is 0 Å². The van der Waals surface area contributed by atoms with Crippen LogP contribution in [-0.2, 0) is 13.5 Å². The molecule has 0 saturated heterocycles. The molecule has 0 aliphatic carbocycles. The second-order valence-corrected chi connectivity index (χ2v) is 3.61. The fourth-order valence-electron chi connectivity index (χ4n) is 1.59. The zero-order chi connectivity index (χ0) is 12.1. The quantitative estimate of drug-likeness (QED) is 0.791. The first-order valence-corrected chi connectivity index (χ1v) is 5.57. The van der Waals surface area contributed by atoms with Gasteiger partial charge in [0.1, 0.15) is 5.69 Å². The van der Waals surface area contributed by atoms with Crippen LogP contribution in [-0.4, -0.2) is 45.4 Å². The average Bonchev–Trinajstić information content (AvgIpc) is 2.66. The molecule has 0 aliphatic heterocycles. The van der Waals surface area contributed by atoms with E-state index in [1.165, 1.54) is 0 Å². The molecule has 0 fully saturated rings. The van der Waals surface area contributed by atoms with E-state index in [4.69, 9.17) is 5.11 Å². The van der Waals surface area contributed by atoms with Crippen LogP contribution in [0.15, 0.2) is 6.07 Å². The molecule has 0 unspecified atom stereocenters. The van der Waals surface area contributed by atoms with E-state index in [9.17, 15) is 4.79 Å². The monoisotopic (exact) mass is 225 g/mol. The maximum absolute atomic E-state index is 12.1. The highest BCUT2D eigenvalue weighted by atomic mass is 16.3. The predicted molar refractivity (Wildman–Crippen MR) is 61.2 cm³/mol. The normalized spacial score (nSPS) is 10.5. The molecule has 90 valence electrons. The molecule has 0 aliphatic rings. The van der Waals surface area contributed by atoms with E-state index in [2.05, 4.69) is 5.10 Å². The summed E-state index contributed by atoms with van der Waals surface area (Å²) in [5.74, 6) is -0.0775. The van der Waals surface area contributed by atoms with Crippen molar-refractivity contribution in [1.82, 2.24) is 14.7 Å². The third-order valence-corrected chi connectivity index (χ3v) is 2.55. The summed E-state index contributed by atoms with van der Waals surface area (Å²) in [6.07, 6.45) is 0.813. The van der Waals surface area contributed by atoms with Gasteiger partial charge in [0.2, 0.25) is 0 Å². The molecule has 0 radical (unpaired) electrons. The van der Waals surface area contributed by atoms with Gasteiger partial charge in [0.25, 0.3) is 5.91 Å². The van der Waals surface area contributed by atoms with E-state index in [1.807, 2.05) is 19.9 Å². The average molecular weight is 225 g/mol. The molecule has 1 rings (SSSR count). The Morgan fingerprint density at radius 2 is 2.25 bits per heavy atom. The summed E-state index contributed by atoms with van der Waals surface area (Å²) in [5, 5.41) is 13.1. The summed E-state index contributed by atoms with van der Waals surface area (Å²) in [4.78, 5) is 13.7. The van der Waals surface area contributed by atoms with Gasteiger partial charge in [-0.05, 0) is 19.4 Å². The van der Waals surface area contributed by atoms with Gasteiger partial charge in [0.15, 0.2) is 0 Å². The van der Waals surface area contributed by atoms with Crippen LogP contribution >= 0.6 is 0 Å². The SMILES string of the molecule is CCc1cc(C(=O)N(CC)CCO)n(C)n1. The highest BCUT2D eigenvalue weighted by Crippen LogP contribution is 2.07. The van der Waals surface area contributed by atoms with E-state index >= 15 is 0 Å². The Bertz CT molecular complexity index is 360. The van der Waals surface area contributed by atoms with E-state index in [1.54, 1.807) is 16.6 Å². The number of aliphatic hydroxyl groups excluding tert-OH is 1. The van der Waals surface area contributed by atoms with Crippen molar-refractivity contribution in [3.63, 3.8) is 0 Å². The molecular weight excluding hydrogens is 206 g/mol. The van der Waals surface area contributed by atoms with Gasteiger partial charge in [-0.2, -0.15) is 5.10 Å². The van der Waals surface area contributed by atoms with Crippen molar-refractivity contribution < 1.29 is 9.90 Å². The largest absolute Gasteiger partial charge is 0.395 e. The molecule has 0 bridgehead atoms. The Morgan fingerprint density at radius 3 is 2.69 bits per heavy atom. The fraction of sp³-hybridized carbons (Fsp3) is 0.636. The second kappa shape index (κ2) is 5.65. The molecule has 0 aromatic carbocycles. The molecule has 5 heteroatoms. The topological polar surface area (TPSA) is 58.4 Å². The minimum absolute atomic E-state index is 0.0158. The summed E-state index contributed by atoms with van der Waals surface area (Å²) < 4.78 is 1.60. The lowest BCUT2D eigenvalue weighted by atomic mass is 10.3. The second-order valence-electron chi connectivity index (χ2n) is 3.61. The number of nitrogens with zero attached hydrogens (tertiary/aromatic N) is 3. The van der Waals surface area contributed by atoms with Gasteiger partial charge in [-0.3, -0.25) is 9.48 Å². The lowest BCUT2D eigenvalue weighted by molar-refractivity contribution is 0.0721. The Kier molecular flexibility index (Phi) is 4.49. The van der Waals surface area contributed by atoms with Gasteiger partial charge in [-0.15, -0.1) is 0 Å². The molecule has 1 aromatic heterocycles. The van der Waals surface area contributed by atoms with Crippen molar-refractivity contribution in [1.29, 1.82) is 0 Å². The number of aromatic nitrogens is 2. The summed E-state index contributed by atoms with van der Waals surface area (Å²) in [6, 6.07) is 1.81. The van der Waals surface area contributed by atoms with Gasteiger partial charge in [0.05, 0.1) is 12.3 Å². The third kappa shape index (κ3) is 2.61. The number of hydrogen-bond acceptors (Lipinski definition) is 3. The van der Waals surface area contributed by atoms with Gasteiger partial charge < -0.3 is 10.0 Å². The van der Waals surface area contributed by atoms with Gasteiger partial charge in [-0.1, -0.05) is 6.92 Å². The smallest absolute Gasteiger partial charge is 0.272 e. The Balaban J connectivity index is 2.89. The first-order chi connectivity index (χ1) is 7.63. The van der Waals surface area contributed by atoms with Crippen LogP contribution in [0.4, 0.5) is 0 Å². The maximum Gasteiger partial charge on any atom is 0.272 e. The van der Waals surface area contributed by atoms with Crippen molar-refractivity contribution in [3.05, 3.63) is 17.5 Å². The first kappa shape index (κ1) is 12.7. The molecular formula is C11H19N3O2. The minimum atomic E-state index is -0.0775. The summed E-state index contributed by atoms with van der Waals surface area (Å²) in [5.41, 5.74) is 1.48. The lowest BCUT2D eigenvalue weighted by Gasteiger charge is -2.19. The highest BCUT2D eigenvalue weighted by molar-refractivity contribution is 5.92. The number of carbonyl (C=O) groups excluding carboxylic acids is 1. The van der Waals surface area contributed by atoms with Crippen LogP contribution in [0.3, 0.4) is 0 Å². The standard InChI is InChI=1S/C11H19N3O2/c1-4-9-8-10(13(3)12-9)11(16)14(5-2)6-7-15/h8,15H,4-7H2,1-3H3. The minimum Gasteiger partial charge on any atom is -0.395 e. The summed E-state index contributed by atoms with van der Waals surface area (Å²) in [6.45, 7) is 4.83. The zero-order valence-electron chi connectivity index (χ0n) is 10.1. The van der Waals surface area contributed by atoms with Crippen LogP contribution in [0.1, 0.15) is 30.0 Å². The van der Waals surface area contributed by atoms with Crippen molar-refractivity contribution in [2.24, 2.45) is 7.05 Å². The molecule has 1 N–H and O–H groups in total. The van der Waals surface area contributed by atoms with Crippen molar-refractivity contribution in [3.8, 4) is 0 Å². The Morgan fingerprint density at radius 1 is 1.56 bits per heavy atom. The number of carbonyl (C=O) groups is 1. The van der Waals surface area contributed by atoms with Crippen LogP contribution in [0.2, 0.25) is 0 Å². The maximum atomic E-state index is 12.1. The van der Waals surface area contributed by atoms with Crippen molar-refractivity contribution >= 4 is 5.91 Å². The van der Waals surface area contributed by atoms with Crippen molar-refractivity contribution in [2.45, 2.75) is 20.3 Å². The van der Waals surface area contributed by atoms with Gasteiger partial charge >= 0.3 is 0 Å². The molecule has 5 nitrogen and oxygen atoms in total. The number of aryl methyl sites for hydroxylation is 2. The van der Waals surface area contributed by atoms with Crippen LogP contribution in [0.5, 0.6) is 0 Å². The molecule has 1 aromatic rings. The number of rotatable bonds is 5. The molecule has 1 heterocycles.